The summed E-state index contributed by atoms with van der Waals surface area (Å²) in [5.41, 5.74) is 1.81. The van der Waals surface area contributed by atoms with Crippen LogP contribution in [0.25, 0.3) is 0 Å². The zero-order valence-corrected chi connectivity index (χ0v) is 19.8. The number of carbonyl (C=O) groups is 3. The molecule has 0 radical (unpaired) electrons. The number of nitrogens with one attached hydrogen (secondary N) is 1. The average molecular weight is 472 g/mol. The molecule has 1 N–H and O–H groups in total. The van der Waals surface area contributed by atoms with Crippen LogP contribution in [0, 0.1) is 6.92 Å². The van der Waals surface area contributed by atoms with E-state index in [1.165, 1.54) is 30.5 Å². The Labute approximate surface area is 195 Å². The molecule has 3 aromatic rings. The summed E-state index contributed by atoms with van der Waals surface area (Å²) in [5.74, 6) is -0.699. The van der Waals surface area contributed by atoms with Crippen LogP contribution >= 0.6 is 11.3 Å². The molecule has 10 heteroatoms. The van der Waals surface area contributed by atoms with E-state index in [1.54, 1.807) is 13.1 Å². The molecule has 0 atom stereocenters. The van der Waals surface area contributed by atoms with E-state index >= 15 is 0 Å². The van der Waals surface area contributed by atoms with Crippen molar-refractivity contribution in [3.05, 3.63) is 63.8 Å². The summed E-state index contributed by atoms with van der Waals surface area (Å²) in [4.78, 5) is 37.2. The molecule has 9 nitrogen and oxygen atoms in total. The maximum absolute atomic E-state index is 12.7. The topological polar surface area (TPSA) is 109 Å². The Morgan fingerprint density at radius 3 is 2.33 bits per heavy atom. The van der Waals surface area contributed by atoms with Crippen molar-refractivity contribution in [2.45, 2.75) is 33.4 Å². The number of anilines is 1. The Hall–Kier alpha value is -3.66. The fourth-order valence-electron chi connectivity index (χ4n) is 3.05. The van der Waals surface area contributed by atoms with Crippen LogP contribution in [0.15, 0.2) is 36.5 Å². The van der Waals surface area contributed by atoms with Crippen molar-refractivity contribution in [1.82, 2.24) is 9.78 Å². The maximum atomic E-state index is 12.7. The number of rotatable bonds is 8. The van der Waals surface area contributed by atoms with Crippen LogP contribution in [0.4, 0.5) is 5.00 Å². The quantitative estimate of drug-likeness (QED) is 0.490. The van der Waals surface area contributed by atoms with E-state index in [-0.39, 0.29) is 27.9 Å². The van der Waals surface area contributed by atoms with Crippen molar-refractivity contribution < 1.29 is 28.6 Å². The van der Waals surface area contributed by atoms with Crippen LogP contribution in [-0.4, -0.2) is 41.8 Å². The number of thiophene rings is 1. The van der Waals surface area contributed by atoms with Gasteiger partial charge in [0.05, 0.1) is 19.8 Å². The summed E-state index contributed by atoms with van der Waals surface area (Å²) in [6.07, 6.45) is 1.61. The number of methoxy groups -OCH3 is 2. The van der Waals surface area contributed by atoms with Crippen LogP contribution < -0.4 is 10.1 Å². The number of nitrogens with zero attached hydrogens (tertiary/aromatic N) is 2. The predicted octanol–water partition coefficient (Wildman–Crippen LogP) is 4.24. The lowest BCUT2D eigenvalue weighted by Gasteiger charge is -2.09. The molecule has 2 aromatic heterocycles. The molecule has 0 aliphatic rings. The molecule has 0 aliphatic carbocycles. The highest BCUT2D eigenvalue weighted by atomic mass is 32.1. The lowest BCUT2D eigenvalue weighted by Crippen LogP contribution is -2.16. The van der Waals surface area contributed by atoms with Gasteiger partial charge in [0.1, 0.15) is 15.6 Å². The first-order valence-corrected chi connectivity index (χ1v) is 10.9. The normalized spacial score (nSPS) is 10.7. The van der Waals surface area contributed by atoms with Gasteiger partial charge in [0.15, 0.2) is 12.4 Å². The molecular weight excluding hydrogens is 446 g/mol. The molecule has 174 valence electrons. The maximum Gasteiger partial charge on any atom is 0.348 e. The molecular formula is C23H25N3O6S. The van der Waals surface area contributed by atoms with Crippen molar-refractivity contribution in [3.8, 4) is 5.75 Å². The van der Waals surface area contributed by atoms with Crippen LogP contribution in [0.3, 0.4) is 0 Å². The van der Waals surface area contributed by atoms with E-state index in [4.69, 9.17) is 14.2 Å². The van der Waals surface area contributed by atoms with E-state index in [2.05, 4.69) is 24.3 Å². The third-order valence-electron chi connectivity index (χ3n) is 4.92. The Morgan fingerprint density at radius 2 is 1.73 bits per heavy atom. The Bertz CT molecular complexity index is 1160. The van der Waals surface area contributed by atoms with E-state index < -0.39 is 17.8 Å². The first-order chi connectivity index (χ1) is 15.7. The molecule has 0 bridgehead atoms. The molecule has 0 spiro atoms. The van der Waals surface area contributed by atoms with Gasteiger partial charge in [-0.05, 0) is 42.2 Å². The van der Waals surface area contributed by atoms with Crippen molar-refractivity contribution in [2.75, 3.05) is 19.5 Å². The second-order valence-electron chi connectivity index (χ2n) is 7.44. The Kier molecular flexibility index (Phi) is 7.49. The zero-order valence-electron chi connectivity index (χ0n) is 19.0. The highest BCUT2D eigenvalue weighted by Crippen LogP contribution is 2.34. The first kappa shape index (κ1) is 24.0. The molecule has 0 fully saturated rings. The minimum atomic E-state index is -0.670. The van der Waals surface area contributed by atoms with Gasteiger partial charge in [0.2, 0.25) is 0 Å². The monoisotopic (exact) mass is 471 g/mol. The number of carbonyl (C=O) groups excluding carboxylic acids is 3. The summed E-state index contributed by atoms with van der Waals surface area (Å²) in [6, 6.07) is 9.32. The van der Waals surface area contributed by atoms with Gasteiger partial charge >= 0.3 is 11.9 Å². The third-order valence-corrected chi connectivity index (χ3v) is 6.10. The van der Waals surface area contributed by atoms with Gasteiger partial charge in [-0.3, -0.25) is 4.79 Å². The van der Waals surface area contributed by atoms with Gasteiger partial charge in [0.25, 0.3) is 5.91 Å². The van der Waals surface area contributed by atoms with E-state index in [9.17, 15) is 14.4 Å². The number of esters is 2. The molecule has 0 saturated heterocycles. The lowest BCUT2D eigenvalue weighted by molar-refractivity contribution is 0.0601. The first-order valence-electron chi connectivity index (χ1n) is 10.1. The standard InChI is InChI=1S/C23H25N3O6S/c1-13(2)15-6-8-16(9-7-15)32-12-26-11-10-17(25-26)20(27)24-21-18(22(28)30-4)14(3)19(33-21)23(29)31-5/h6-11,13H,12H2,1-5H3,(H,24,27). The Morgan fingerprint density at radius 1 is 1.06 bits per heavy atom. The second-order valence-corrected chi connectivity index (χ2v) is 8.46. The number of hydrogen-bond acceptors (Lipinski definition) is 8. The third kappa shape index (κ3) is 5.40. The van der Waals surface area contributed by atoms with E-state index in [0.29, 0.717) is 17.2 Å². The number of ether oxygens (including phenoxy) is 3. The van der Waals surface area contributed by atoms with Crippen LogP contribution in [0.5, 0.6) is 5.75 Å². The van der Waals surface area contributed by atoms with Crippen molar-refractivity contribution in [3.63, 3.8) is 0 Å². The summed E-state index contributed by atoms with van der Waals surface area (Å²) >= 11 is 0.936. The van der Waals surface area contributed by atoms with Crippen LogP contribution in [-0.2, 0) is 16.2 Å². The van der Waals surface area contributed by atoms with Gasteiger partial charge in [-0.2, -0.15) is 5.10 Å². The molecule has 0 aliphatic heterocycles. The molecule has 1 amide bonds. The molecule has 0 unspecified atom stereocenters. The van der Waals surface area contributed by atoms with Gasteiger partial charge in [-0.1, -0.05) is 26.0 Å². The minimum absolute atomic E-state index is 0.101. The highest BCUT2D eigenvalue weighted by Gasteiger charge is 2.27. The highest BCUT2D eigenvalue weighted by molar-refractivity contribution is 7.18. The van der Waals surface area contributed by atoms with Crippen molar-refractivity contribution >= 4 is 34.2 Å². The van der Waals surface area contributed by atoms with Gasteiger partial charge in [-0.15, -0.1) is 11.3 Å². The number of aromatic nitrogens is 2. The van der Waals surface area contributed by atoms with Crippen LogP contribution in [0.1, 0.15) is 61.4 Å². The number of benzene rings is 1. The summed E-state index contributed by atoms with van der Waals surface area (Å²) < 4.78 is 16.7. The summed E-state index contributed by atoms with van der Waals surface area (Å²) in [7, 11) is 2.46. The fraction of sp³-hybridized carbons (Fsp3) is 0.304. The Balaban J connectivity index is 1.71. The molecule has 0 saturated carbocycles. The van der Waals surface area contributed by atoms with Gasteiger partial charge in [-0.25, -0.2) is 14.3 Å². The lowest BCUT2D eigenvalue weighted by atomic mass is 10.0. The molecule has 2 heterocycles. The van der Waals surface area contributed by atoms with Gasteiger partial charge in [0, 0.05) is 6.20 Å². The SMILES string of the molecule is COC(=O)c1sc(NC(=O)c2ccn(COc3ccc(C(C)C)cc3)n2)c(C(=O)OC)c1C. The molecule has 33 heavy (non-hydrogen) atoms. The fourth-order valence-corrected chi connectivity index (χ4v) is 4.16. The molecule has 1 aromatic carbocycles. The average Bonchev–Trinajstić information content (AvgIpc) is 3.41. The summed E-state index contributed by atoms with van der Waals surface area (Å²) in [5, 5.41) is 7.04. The largest absolute Gasteiger partial charge is 0.471 e. The van der Waals surface area contributed by atoms with Crippen LogP contribution in [0.2, 0.25) is 0 Å². The molecule has 3 rings (SSSR count). The minimum Gasteiger partial charge on any atom is -0.471 e. The van der Waals surface area contributed by atoms with E-state index in [1.807, 2.05) is 24.3 Å². The zero-order chi connectivity index (χ0) is 24.1. The van der Waals surface area contributed by atoms with Gasteiger partial charge < -0.3 is 19.5 Å². The summed E-state index contributed by atoms with van der Waals surface area (Å²) in [6.45, 7) is 5.94. The predicted molar refractivity (Wildman–Crippen MR) is 123 cm³/mol. The number of amides is 1. The van der Waals surface area contributed by atoms with Crippen molar-refractivity contribution in [2.24, 2.45) is 0 Å². The number of hydrogen-bond donors (Lipinski definition) is 1. The second kappa shape index (κ2) is 10.3. The van der Waals surface area contributed by atoms with E-state index in [0.717, 1.165) is 11.3 Å². The smallest absolute Gasteiger partial charge is 0.348 e. The van der Waals surface area contributed by atoms with Crippen molar-refractivity contribution in [1.29, 1.82) is 0 Å².